The van der Waals surface area contributed by atoms with E-state index in [1.165, 1.54) is 22.9 Å². The summed E-state index contributed by atoms with van der Waals surface area (Å²) < 4.78 is 6.83. The first-order valence-electron chi connectivity index (χ1n) is 11.6. The second-order valence-corrected chi connectivity index (χ2v) is 9.19. The van der Waals surface area contributed by atoms with Crippen LogP contribution in [0.5, 0.6) is 0 Å². The number of rotatable bonds is 9. The number of nitrogens with zero attached hydrogens (tertiary/aromatic N) is 2. The van der Waals surface area contributed by atoms with Gasteiger partial charge in [0.05, 0.1) is 6.61 Å². The molecule has 1 fully saturated rings. The van der Waals surface area contributed by atoms with Gasteiger partial charge < -0.3 is 19.5 Å². The Morgan fingerprint density at radius 1 is 1.12 bits per heavy atom. The standard InChI is InChI=1S/C26H35N3O4/c1-19(2)28(3)25(32)22-17-29(14-15-33-4)16-21(23(22)30)24(31)27-18-26(12-8-9-13-26)20-10-6-5-7-11-20/h5-7,10-11,16-17,19H,8-9,12-15,18H2,1-4H3,(H,27,31). The molecular formula is C26H35N3O4. The summed E-state index contributed by atoms with van der Waals surface area (Å²) in [5.74, 6) is -0.845. The molecule has 1 aromatic carbocycles. The molecular weight excluding hydrogens is 418 g/mol. The van der Waals surface area contributed by atoms with Gasteiger partial charge in [-0.05, 0) is 32.3 Å². The lowest BCUT2D eigenvalue weighted by Crippen LogP contribution is -2.42. The van der Waals surface area contributed by atoms with E-state index in [4.69, 9.17) is 4.74 Å². The Labute approximate surface area is 195 Å². The molecule has 7 nitrogen and oxygen atoms in total. The highest BCUT2D eigenvalue weighted by atomic mass is 16.5. The van der Waals surface area contributed by atoms with Crippen molar-refractivity contribution in [3.63, 3.8) is 0 Å². The third kappa shape index (κ3) is 5.53. The molecule has 1 N–H and O–H groups in total. The van der Waals surface area contributed by atoms with Crippen molar-refractivity contribution in [3.05, 3.63) is 69.6 Å². The summed E-state index contributed by atoms with van der Waals surface area (Å²) in [5.41, 5.74) is 0.516. The van der Waals surface area contributed by atoms with Crippen LogP contribution in [0.25, 0.3) is 0 Å². The molecule has 0 atom stereocenters. The van der Waals surface area contributed by atoms with E-state index in [0.717, 1.165) is 25.7 Å². The SMILES string of the molecule is COCCn1cc(C(=O)NCC2(c3ccccc3)CCCC2)c(=O)c(C(=O)N(C)C(C)C)c1. The Hall–Kier alpha value is -2.93. The van der Waals surface area contributed by atoms with E-state index in [1.54, 1.807) is 18.7 Å². The fourth-order valence-electron chi connectivity index (χ4n) is 4.45. The summed E-state index contributed by atoms with van der Waals surface area (Å²) in [4.78, 5) is 40.9. The quantitative estimate of drug-likeness (QED) is 0.632. The molecule has 0 aliphatic heterocycles. The monoisotopic (exact) mass is 453 g/mol. The van der Waals surface area contributed by atoms with Crippen LogP contribution in [0.4, 0.5) is 0 Å². The van der Waals surface area contributed by atoms with Gasteiger partial charge in [0.1, 0.15) is 11.1 Å². The minimum Gasteiger partial charge on any atom is -0.383 e. The molecule has 1 aliphatic carbocycles. The predicted octanol–water partition coefficient (Wildman–Crippen LogP) is 3.22. The zero-order valence-electron chi connectivity index (χ0n) is 20.1. The number of hydrogen-bond acceptors (Lipinski definition) is 4. The number of methoxy groups -OCH3 is 1. The maximum absolute atomic E-state index is 13.2. The maximum Gasteiger partial charge on any atom is 0.259 e. The molecule has 3 rings (SSSR count). The summed E-state index contributed by atoms with van der Waals surface area (Å²) in [6.45, 7) is 5.04. The van der Waals surface area contributed by atoms with Crippen LogP contribution < -0.4 is 10.7 Å². The van der Waals surface area contributed by atoms with Gasteiger partial charge in [0.2, 0.25) is 5.43 Å². The lowest BCUT2D eigenvalue weighted by Gasteiger charge is -2.30. The highest BCUT2D eigenvalue weighted by Crippen LogP contribution is 2.40. The summed E-state index contributed by atoms with van der Waals surface area (Å²) in [7, 11) is 3.24. The van der Waals surface area contributed by atoms with Gasteiger partial charge in [-0.15, -0.1) is 0 Å². The molecule has 1 heterocycles. The minimum atomic E-state index is -0.543. The second kappa shape index (κ2) is 10.8. The fraction of sp³-hybridized carbons (Fsp3) is 0.500. The zero-order chi connectivity index (χ0) is 24.0. The number of ether oxygens (including phenoxy) is 1. The topological polar surface area (TPSA) is 80.6 Å². The molecule has 2 aromatic rings. The van der Waals surface area contributed by atoms with Gasteiger partial charge in [-0.3, -0.25) is 14.4 Å². The van der Waals surface area contributed by atoms with Crippen LogP contribution in [0.15, 0.2) is 47.5 Å². The first-order valence-corrected chi connectivity index (χ1v) is 11.6. The van der Waals surface area contributed by atoms with Crippen molar-refractivity contribution in [1.29, 1.82) is 0 Å². The van der Waals surface area contributed by atoms with Gasteiger partial charge >= 0.3 is 0 Å². The molecule has 1 saturated carbocycles. The molecule has 0 saturated heterocycles. The van der Waals surface area contributed by atoms with Crippen molar-refractivity contribution in [2.24, 2.45) is 0 Å². The van der Waals surface area contributed by atoms with Gasteiger partial charge in [-0.1, -0.05) is 43.2 Å². The zero-order valence-corrected chi connectivity index (χ0v) is 20.1. The maximum atomic E-state index is 13.2. The molecule has 0 radical (unpaired) electrons. The molecule has 33 heavy (non-hydrogen) atoms. The Morgan fingerprint density at radius 3 is 2.36 bits per heavy atom. The molecule has 1 aliphatic rings. The van der Waals surface area contributed by atoms with Crippen molar-refractivity contribution in [3.8, 4) is 0 Å². The van der Waals surface area contributed by atoms with Crippen LogP contribution in [-0.2, 0) is 16.7 Å². The molecule has 0 spiro atoms. The Kier molecular flexibility index (Phi) is 8.08. The van der Waals surface area contributed by atoms with Crippen LogP contribution in [0.2, 0.25) is 0 Å². The third-order valence-electron chi connectivity index (χ3n) is 6.74. The summed E-state index contributed by atoms with van der Waals surface area (Å²) in [6, 6.07) is 10.2. The van der Waals surface area contributed by atoms with Crippen molar-refractivity contribution in [2.45, 2.75) is 57.5 Å². The van der Waals surface area contributed by atoms with E-state index < -0.39 is 17.2 Å². The predicted molar refractivity (Wildman–Crippen MR) is 129 cm³/mol. The average Bonchev–Trinajstić information content (AvgIpc) is 3.31. The largest absolute Gasteiger partial charge is 0.383 e. The van der Waals surface area contributed by atoms with E-state index in [0.29, 0.717) is 19.7 Å². The van der Waals surface area contributed by atoms with Crippen LogP contribution in [0.3, 0.4) is 0 Å². The Morgan fingerprint density at radius 2 is 1.76 bits per heavy atom. The normalized spacial score (nSPS) is 14.9. The Balaban J connectivity index is 1.90. The van der Waals surface area contributed by atoms with E-state index in [2.05, 4.69) is 17.4 Å². The molecule has 0 bridgehead atoms. The number of nitrogens with one attached hydrogen (secondary N) is 1. The lowest BCUT2D eigenvalue weighted by atomic mass is 9.79. The summed E-state index contributed by atoms with van der Waals surface area (Å²) >= 11 is 0. The van der Waals surface area contributed by atoms with Gasteiger partial charge in [0, 0.05) is 51.1 Å². The van der Waals surface area contributed by atoms with E-state index in [-0.39, 0.29) is 22.6 Å². The van der Waals surface area contributed by atoms with E-state index in [1.807, 2.05) is 32.0 Å². The molecule has 7 heteroatoms. The van der Waals surface area contributed by atoms with E-state index in [9.17, 15) is 14.4 Å². The highest BCUT2D eigenvalue weighted by molar-refractivity contribution is 5.99. The van der Waals surface area contributed by atoms with Crippen molar-refractivity contribution >= 4 is 11.8 Å². The van der Waals surface area contributed by atoms with Crippen LogP contribution in [-0.4, -0.2) is 54.6 Å². The number of benzene rings is 1. The fourth-order valence-corrected chi connectivity index (χ4v) is 4.45. The van der Waals surface area contributed by atoms with Gasteiger partial charge in [0.25, 0.3) is 11.8 Å². The molecule has 0 unspecified atom stereocenters. The number of carbonyl (C=O) groups is 2. The van der Waals surface area contributed by atoms with Crippen LogP contribution >= 0.6 is 0 Å². The molecule has 1 aromatic heterocycles. The number of aromatic nitrogens is 1. The number of amides is 2. The smallest absolute Gasteiger partial charge is 0.259 e. The van der Waals surface area contributed by atoms with Gasteiger partial charge in [-0.25, -0.2) is 0 Å². The second-order valence-electron chi connectivity index (χ2n) is 9.19. The van der Waals surface area contributed by atoms with Crippen molar-refractivity contribution < 1.29 is 14.3 Å². The highest BCUT2D eigenvalue weighted by Gasteiger charge is 2.36. The first-order chi connectivity index (χ1) is 15.8. The van der Waals surface area contributed by atoms with Crippen LogP contribution in [0.1, 0.15) is 65.8 Å². The van der Waals surface area contributed by atoms with Crippen molar-refractivity contribution in [1.82, 2.24) is 14.8 Å². The molecule has 178 valence electrons. The van der Waals surface area contributed by atoms with Gasteiger partial charge in [-0.2, -0.15) is 0 Å². The third-order valence-corrected chi connectivity index (χ3v) is 6.74. The average molecular weight is 454 g/mol. The minimum absolute atomic E-state index is 0.00593. The van der Waals surface area contributed by atoms with Crippen molar-refractivity contribution in [2.75, 3.05) is 27.3 Å². The summed E-state index contributed by atoms with van der Waals surface area (Å²) in [5, 5.41) is 3.01. The van der Waals surface area contributed by atoms with Gasteiger partial charge in [0.15, 0.2) is 0 Å². The molecule has 2 amide bonds. The number of carbonyl (C=O) groups excluding carboxylic acids is 2. The Bertz CT molecular complexity index is 1020. The number of hydrogen-bond donors (Lipinski definition) is 1. The summed E-state index contributed by atoms with van der Waals surface area (Å²) in [6.07, 6.45) is 7.24. The van der Waals surface area contributed by atoms with Crippen LogP contribution in [0, 0.1) is 0 Å². The number of pyridine rings is 1. The lowest BCUT2D eigenvalue weighted by molar-refractivity contribution is 0.0752. The first kappa shape index (κ1) is 24.7. The van der Waals surface area contributed by atoms with E-state index >= 15 is 0 Å².